The summed E-state index contributed by atoms with van der Waals surface area (Å²) in [5.41, 5.74) is -0.491. The van der Waals surface area contributed by atoms with E-state index in [9.17, 15) is 19.2 Å². The molecule has 1 aromatic carbocycles. The monoisotopic (exact) mass is 626 g/mol. The number of alkyl carbamates (subject to hydrolysis) is 1. The van der Waals surface area contributed by atoms with E-state index in [1.807, 2.05) is 20.8 Å². The van der Waals surface area contributed by atoms with Gasteiger partial charge in [-0.1, -0.05) is 40.5 Å². The van der Waals surface area contributed by atoms with Gasteiger partial charge in [-0.05, 0) is 55.1 Å². The van der Waals surface area contributed by atoms with Gasteiger partial charge in [0.1, 0.15) is 30.0 Å². The summed E-state index contributed by atoms with van der Waals surface area (Å²) in [5.74, 6) is 0.168. The lowest BCUT2D eigenvalue weighted by molar-refractivity contribution is -0.152. The fourth-order valence-electron chi connectivity index (χ4n) is 6.99. The van der Waals surface area contributed by atoms with Crippen LogP contribution in [0.5, 0.6) is 11.8 Å². The number of ether oxygens (including phenoxy) is 4. The van der Waals surface area contributed by atoms with Crippen molar-refractivity contribution in [3.8, 4) is 11.8 Å². The molecule has 0 unspecified atom stereocenters. The number of amides is 2. The first-order chi connectivity index (χ1) is 21.4. The summed E-state index contributed by atoms with van der Waals surface area (Å²) in [6, 6.07) is 3.32. The minimum Gasteiger partial charge on any atom is -0.497 e. The number of benzene rings is 1. The van der Waals surface area contributed by atoms with Gasteiger partial charge in [0.25, 0.3) is 11.6 Å². The van der Waals surface area contributed by atoms with Crippen LogP contribution in [0.4, 0.5) is 4.79 Å². The van der Waals surface area contributed by atoms with Crippen LogP contribution in [0, 0.1) is 17.3 Å². The minimum atomic E-state index is -0.975. The van der Waals surface area contributed by atoms with E-state index in [1.165, 1.54) is 12.0 Å². The molecule has 0 radical (unpaired) electrons. The first kappa shape index (κ1) is 32.6. The van der Waals surface area contributed by atoms with Crippen LogP contribution in [0.3, 0.4) is 0 Å². The molecule has 3 aliphatic rings. The van der Waals surface area contributed by atoms with Crippen LogP contribution in [0.1, 0.15) is 72.6 Å². The Morgan fingerprint density at radius 1 is 1.04 bits per heavy atom. The van der Waals surface area contributed by atoms with Gasteiger partial charge in [0, 0.05) is 19.0 Å². The number of carbonyl (C=O) groups excluding carboxylic acids is 3. The van der Waals surface area contributed by atoms with Crippen molar-refractivity contribution in [1.82, 2.24) is 19.8 Å². The standard InChI is InChI=1S/C33H46N4O8/c1-19-14-20-10-8-7-9-13-36-28(38)23-12-11-21(42-5)16-24(23)34-31(36)44-22-17-25(30(40)43-6)37(18-22)29(39)27(33(2,3)4)35-32(41)45-26(20)15-19/h11-12,16,19-20,22,25-27H,7-10,13-15,17-18H2,1-6H3,(H,35,41)/t19-,20-,22-,25+,26-,27-/m1/s1. The molecule has 1 N–H and O–H groups in total. The van der Waals surface area contributed by atoms with Crippen LogP contribution < -0.4 is 20.3 Å². The number of esters is 1. The van der Waals surface area contributed by atoms with E-state index in [2.05, 4.69) is 12.2 Å². The Balaban J connectivity index is 1.54. The Bertz CT molecular complexity index is 1480. The third-order valence-corrected chi connectivity index (χ3v) is 9.37. The van der Waals surface area contributed by atoms with E-state index in [4.69, 9.17) is 23.9 Å². The van der Waals surface area contributed by atoms with Crippen molar-refractivity contribution in [2.75, 3.05) is 20.8 Å². The molecule has 2 fully saturated rings. The van der Waals surface area contributed by atoms with Crippen molar-refractivity contribution in [3.05, 3.63) is 28.6 Å². The molecule has 12 nitrogen and oxygen atoms in total. The van der Waals surface area contributed by atoms with Crippen LogP contribution in [0.25, 0.3) is 10.9 Å². The van der Waals surface area contributed by atoms with Crippen molar-refractivity contribution >= 4 is 28.9 Å². The molecule has 1 saturated heterocycles. The molecule has 2 bridgehead atoms. The van der Waals surface area contributed by atoms with Crippen LogP contribution in [-0.4, -0.2) is 77.5 Å². The molecular formula is C33H46N4O8. The molecule has 12 heteroatoms. The van der Waals surface area contributed by atoms with E-state index in [0.717, 1.165) is 38.5 Å². The molecule has 246 valence electrons. The predicted molar refractivity (Wildman–Crippen MR) is 166 cm³/mol. The second kappa shape index (κ2) is 13.3. The average molecular weight is 627 g/mol. The number of nitrogens with zero attached hydrogens (tertiary/aromatic N) is 3. The fraction of sp³-hybridized carbons (Fsp3) is 0.667. The summed E-state index contributed by atoms with van der Waals surface area (Å²) in [6.07, 6.45) is 3.75. The Morgan fingerprint density at radius 3 is 2.53 bits per heavy atom. The van der Waals surface area contributed by atoms with Gasteiger partial charge in [-0.15, -0.1) is 0 Å². The lowest BCUT2D eigenvalue weighted by Gasteiger charge is -2.35. The van der Waals surface area contributed by atoms with Gasteiger partial charge >= 0.3 is 12.1 Å². The number of aromatic nitrogens is 2. The Labute approximate surface area is 263 Å². The van der Waals surface area contributed by atoms with Gasteiger partial charge in [0.15, 0.2) is 0 Å². The highest BCUT2D eigenvalue weighted by atomic mass is 16.6. The number of hydrogen-bond acceptors (Lipinski definition) is 9. The molecule has 6 atom stereocenters. The second-order valence-electron chi connectivity index (χ2n) is 13.8. The molecule has 2 aliphatic heterocycles. The van der Waals surface area contributed by atoms with E-state index >= 15 is 0 Å². The molecule has 2 aromatic rings. The van der Waals surface area contributed by atoms with Gasteiger partial charge in [-0.25, -0.2) is 9.59 Å². The van der Waals surface area contributed by atoms with Crippen molar-refractivity contribution in [3.63, 3.8) is 0 Å². The number of hydrogen-bond donors (Lipinski definition) is 1. The molecule has 0 spiro atoms. The highest BCUT2D eigenvalue weighted by molar-refractivity contribution is 5.91. The summed E-state index contributed by atoms with van der Waals surface area (Å²) in [6.45, 7) is 8.16. The maximum Gasteiger partial charge on any atom is 0.408 e. The Kier molecular flexibility index (Phi) is 9.60. The summed E-state index contributed by atoms with van der Waals surface area (Å²) in [4.78, 5) is 60.3. The third-order valence-electron chi connectivity index (χ3n) is 9.37. The maximum atomic E-state index is 14.2. The highest BCUT2D eigenvalue weighted by Gasteiger charge is 2.47. The summed E-state index contributed by atoms with van der Waals surface area (Å²) >= 11 is 0. The lowest BCUT2D eigenvalue weighted by atomic mass is 9.85. The first-order valence-electron chi connectivity index (χ1n) is 16.0. The molecule has 1 aromatic heterocycles. The Hall–Kier alpha value is -3.83. The summed E-state index contributed by atoms with van der Waals surface area (Å²) < 4.78 is 24.3. The zero-order valence-electron chi connectivity index (χ0n) is 27.2. The van der Waals surface area contributed by atoms with Crippen molar-refractivity contribution in [2.24, 2.45) is 17.3 Å². The highest BCUT2D eigenvalue weighted by Crippen LogP contribution is 2.37. The zero-order chi connectivity index (χ0) is 32.5. The van der Waals surface area contributed by atoms with Crippen LogP contribution in [0.2, 0.25) is 0 Å². The van der Waals surface area contributed by atoms with Gasteiger partial charge in [-0.3, -0.25) is 14.2 Å². The average Bonchev–Trinajstić information content (AvgIpc) is 3.57. The number of rotatable bonds is 2. The second-order valence-corrected chi connectivity index (χ2v) is 13.8. The van der Waals surface area contributed by atoms with E-state index in [0.29, 0.717) is 29.1 Å². The molecular weight excluding hydrogens is 580 g/mol. The van der Waals surface area contributed by atoms with E-state index < -0.39 is 41.6 Å². The van der Waals surface area contributed by atoms with Crippen molar-refractivity contribution in [1.29, 1.82) is 0 Å². The SMILES string of the molecule is COC(=O)[C@@H]1C[C@@H]2CN1C(=O)[C@H](C(C)(C)C)NC(=O)O[C@@H]1C[C@H](C)C[C@H]1CCCCCn1c(nc3cc(OC)ccc3c1=O)O2. The van der Waals surface area contributed by atoms with Crippen molar-refractivity contribution in [2.45, 2.75) is 103 Å². The van der Waals surface area contributed by atoms with Crippen LogP contribution in [-0.2, 0) is 25.6 Å². The molecule has 3 heterocycles. The van der Waals surface area contributed by atoms with E-state index in [-0.39, 0.29) is 36.6 Å². The van der Waals surface area contributed by atoms with Crippen molar-refractivity contribution < 1.29 is 33.3 Å². The van der Waals surface area contributed by atoms with Gasteiger partial charge in [0.2, 0.25) is 5.91 Å². The number of methoxy groups -OCH3 is 2. The molecule has 2 amide bonds. The van der Waals surface area contributed by atoms with E-state index in [1.54, 1.807) is 29.9 Å². The predicted octanol–water partition coefficient (Wildman–Crippen LogP) is 4.06. The van der Waals surface area contributed by atoms with Gasteiger partial charge in [-0.2, -0.15) is 4.98 Å². The minimum absolute atomic E-state index is 0.0378. The molecule has 5 rings (SSSR count). The third kappa shape index (κ3) is 7.04. The fourth-order valence-corrected chi connectivity index (χ4v) is 6.99. The largest absolute Gasteiger partial charge is 0.497 e. The van der Waals surface area contributed by atoms with Crippen LogP contribution in [0.15, 0.2) is 23.0 Å². The molecule has 1 saturated carbocycles. The smallest absolute Gasteiger partial charge is 0.408 e. The Morgan fingerprint density at radius 2 is 1.82 bits per heavy atom. The lowest BCUT2D eigenvalue weighted by Crippen LogP contribution is -2.57. The quantitative estimate of drug-likeness (QED) is 0.489. The number of carbonyl (C=O) groups is 3. The van der Waals surface area contributed by atoms with Gasteiger partial charge < -0.3 is 29.2 Å². The number of fused-ring (bicyclic) bond motifs is 5. The summed E-state index contributed by atoms with van der Waals surface area (Å²) in [5, 5.41) is 3.29. The number of nitrogens with one attached hydrogen (secondary N) is 1. The topological polar surface area (TPSA) is 138 Å². The summed E-state index contributed by atoms with van der Waals surface area (Å²) in [7, 11) is 2.82. The first-order valence-corrected chi connectivity index (χ1v) is 16.0. The van der Waals surface area contributed by atoms with Gasteiger partial charge in [0.05, 0.1) is 31.7 Å². The normalized spacial score (nSPS) is 28.2. The molecule has 1 aliphatic carbocycles. The maximum absolute atomic E-state index is 14.2. The zero-order valence-corrected chi connectivity index (χ0v) is 27.2. The molecule has 45 heavy (non-hydrogen) atoms. The van der Waals surface area contributed by atoms with Crippen LogP contribution >= 0.6 is 0 Å².